The molecule has 0 N–H and O–H groups in total. The first kappa shape index (κ1) is 19.1. The number of carbonyl (C=O) groups excluding carboxylic acids is 1. The number of likely N-dealkylation sites (tertiary alicyclic amines) is 1. The highest BCUT2D eigenvalue weighted by Crippen LogP contribution is 2.43. The predicted octanol–water partition coefficient (Wildman–Crippen LogP) is 4.02. The summed E-state index contributed by atoms with van der Waals surface area (Å²) in [7, 11) is 3.47. The van der Waals surface area contributed by atoms with Crippen LogP contribution in [0.4, 0.5) is 0 Å². The predicted molar refractivity (Wildman–Crippen MR) is 122 cm³/mol. The Balaban J connectivity index is 1.23. The van der Waals surface area contributed by atoms with E-state index >= 15 is 0 Å². The van der Waals surface area contributed by atoms with Crippen LogP contribution in [-0.2, 0) is 7.05 Å². The van der Waals surface area contributed by atoms with Crippen LogP contribution in [0.15, 0.2) is 54.6 Å². The molecule has 2 fully saturated rings. The maximum absolute atomic E-state index is 13.2. The first-order valence-electron chi connectivity index (χ1n) is 11.1. The summed E-state index contributed by atoms with van der Waals surface area (Å²) < 4.78 is 9.37. The first-order chi connectivity index (χ1) is 15.6. The molecule has 0 spiro atoms. The number of ether oxygens (including phenoxy) is 1. The summed E-state index contributed by atoms with van der Waals surface area (Å²) in [4.78, 5) is 20.1. The maximum atomic E-state index is 13.2. The standard InChI is InChI=1S/C25H25N5O2/c1-28-23(13-21(27-28)17-6-5-7-19(12-17)32-2)25(31)29-14-18(15-29)30-22-9-4-3-8-20(22)26-24(30)16-10-11-16/h3-9,12-13,16,18H,10-11,14-15H2,1-2H3. The van der Waals surface area contributed by atoms with Gasteiger partial charge in [-0.25, -0.2) is 4.98 Å². The van der Waals surface area contributed by atoms with Crippen LogP contribution in [0, 0.1) is 0 Å². The number of para-hydroxylation sites is 2. The van der Waals surface area contributed by atoms with Gasteiger partial charge in [0.15, 0.2) is 0 Å². The lowest BCUT2D eigenvalue weighted by atomic mass is 10.1. The molecule has 1 amide bonds. The third-order valence-corrected chi connectivity index (χ3v) is 6.54. The largest absolute Gasteiger partial charge is 0.497 e. The van der Waals surface area contributed by atoms with Gasteiger partial charge in [0, 0.05) is 31.6 Å². The van der Waals surface area contributed by atoms with Crippen molar-refractivity contribution >= 4 is 16.9 Å². The van der Waals surface area contributed by atoms with Crippen LogP contribution in [-0.4, -0.2) is 50.3 Å². The number of methoxy groups -OCH3 is 1. The number of benzene rings is 2. The minimum atomic E-state index is 0.0165. The zero-order chi connectivity index (χ0) is 21.8. The number of hydrogen-bond donors (Lipinski definition) is 0. The Morgan fingerprint density at radius 3 is 2.66 bits per heavy atom. The van der Waals surface area contributed by atoms with Gasteiger partial charge >= 0.3 is 0 Å². The highest BCUT2D eigenvalue weighted by atomic mass is 16.5. The molecule has 0 radical (unpaired) electrons. The van der Waals surface area contributed by atoms with Crippen molar-refractivity contribution in [1.82, 2.24) is 24.2 Å². The molecule has 32 heavy (non-hydrogen) atoms. The van der Waals surface area contributed by atoms with Crippen molar-refractivity contribution in [3.05, 3.63) is 66.1 Å². The number of amides is 1. The third kappa shape index (κ3) is 3.07. The minimum absolute atomic E-state index is 0.0165. The molecule has 1 saturated carbocycles. The van der Waals surface area contributed by atoms with Gasteiger partial charge in [-0.3, -0.25) is 9.48 Å². The second-order valence-corrected chi connectivity index (χ2v) is 8.74. The third-order valence-electron chi connectivity index (χ3n) is 6.54. The fourth-order valence-electron chi connectivity index (χ4n) is 4.61. The van der Waals surface area contributed by atoms with Crippen LogP contribution in [0.3, 0.4) is 0 Å². The van der Waals surface area contributed by atoms with E-state index in [9.17, 15) is 4.79 Å². The molecular weight excluding hydrogens is 402 g/mol. The van der Waals surface area contributed by atoms with Gasteiger partial charge in [0.2, 0.25) is 0 Å². The lowest BCUT2D eigenvalue weighted by molar-refractivity contribution is 0.0511. The van der Waals surface area contributed by atoms with Gasteiger partial charge in [-0.2, -0.15) is 5.10 Å². The van der Waals surface area contributed by atoms with Crippen molar-refractivity contribution in [3.63, 3.8) is 0 Å². The van der Waals surface area contributed by atoms with E-state index in [4.69, 9.17) is 9.72 Å². The van der Waals surface area contributed by atoms with Crippen molar-refractivity contribution in [2.75, 3.05) is 20.2 Å². The summed E-state index contributed by atoms with van der Waals surface area (Å²) >= 11 is 0. The molecule has 0 atom stereocenters. The van der Waals surface area contributed by atoms with E-state index in [0.717, 1.165) is 22.5 Å². The van der Waals surface area contributed by atoms with E-state index < -0.39 is 0 Å². The Kier molecular flexibility index (Phi) is 4.31. The van der Waals surface area contributed by atoms with Crippen molar-refractivity contribution in [2.45, 2.75) is 24.8 Å². The van der Waals surface area contributed by atoms with Gasteiger partial charge in [0.1, 0.15) is 17.3 Å². The molecule has 1 aliphatic heterocycles. The fourth-order valence-corrected chi connectivity index (χ4v) is 4.61. The van der Waals surface area contributed by atoms with Gasteiger partial charge in [-0.05, 0) is 43.2 Å². The Hall–Kier alpha value is -3.61. The zero-order valence-corrected chi connectivity index (χ0v) is 18.2. The fraction of sp³-hybridized carbons (Fsp3) is 0.320. The summed E-state index contributed by atoms with van der Waals surface area (Å²) in [6.45, 7) is 1.39. The molecule has 2 aliphatic rings. The SMILES string of the molecule is COc1cccc(-c2cc(C(=O)N3CC(n4c(C5CC5)nc5ccccc54)C3)n(C)n2)c1. The van der Waals surface area contributed by atoms with Gasteiger partial charge in [0.05, 0.1) is 29.9 Å². The summed E-state index contributed by atoms with van der Waals surface area (Å²) in [5.41, 5.74) is 4.52. The summed E-state index contributed by atoms with van der Waals surface area (Å²) in [5, 5.41) is 4.57. The molecule has 2 aromatic carbocycles. The van der Waals surface area contributed by atoms with Crippen molar-refractivity contribution in [3.8, 4) is 17.0 Å². The number of nitrogens with zero attached hydrogens (tertiary/aromatic N) is 5. The maximum Gasteiger partial charge on any atom is 0.272 e. The Bertz CT molecular complexity index is 1330. The number of imidazole rings is 1. The lowest BCUT2D eigenvalue weighted by Crippen LogP contribution is -2.51. The highest BCUT2D eigenvalue weighted by Gasteiger charge is 2.38. The van der Waals surface area contributed by atoms with Gasteiger partial charge in [-0.1, -0.05) is 24.3 Å². The summed E-state index contributed by atoms with van der Waals surface area (Å²) in [6.07, 6.45) is 2.42. The second-order valence-electron chi connectivity index (χ2n) is 8.74. The van der Waals surface area contributed by atoms with Gasteiger partial charge in [-0.15, -0.1) is 0 Å². The molecule has 4 aromatic rings. The highest BCUT2D eigenvalue weighted by molar-refractivity contribution is 5.94. The smallest absolute Gasteiger partial charge is 0.272 e. The van der Waals surface area contributed by atoms with E-state index in [2.05, 4.69) is 27.9 Å². The van der Waals surface area contributed by atoms with E-state index in [1.165, 1.54) is 24.2 Å². The van der Waals surface area contributed by atoms with Crippen molar-refractivity contribution in [1.29, 1.82) is 0 Å². The average Bonchev–Trinajstić information content (AvgIpc) is 3.46. The second kappa shape index (κ2) is 7.22. The monoisotopic (exact) mass is 427 g/mol. The van der Waals surface area contributed by atoms with Crippen LogP contribution in [0.25, 0.3) is 22.3 Å². The summed E-state index contributed by atoms with van der Waals surface area (Å²) in [5.74, 6) is 2.53. The van der Waals surface area contributed by atoms with E-state index in [0.29, 0.717) is 24.7 Å². The quantitative estimate of drug-likeness (QED) is 0.483. The van der Waals surface area contributed by atoms with Crippen LogP contribution >= 0.6 is 0 Å². The van der Waals surface area contributed by atoms with E-state index in [-0.39, 0.29) is 11.9 Å². The molecule has 1 saturated heterocycles. The van der Waals surface area contributed by atoms with Crippen LogP contribution in [0.1, 0.15) is 41.1 Å². The molecular formula is C25H25N5O2. The molecule has 162 valence electrons. The number of aryl methyl sites for hydroxylation is 1. The molecule has 1 aliphatic carbocycles. The van der Waals surface area contributed by atoms with Crippen LogP contribution < -0.4 is 4.74 Å². The average molecular weight is 428 g/mol. The normalized spacial score (nSPS) is 16.4. The molecule has 0 unspecified atom stereocenters. The van der Waals surface area contributed by atoms with Gasteiger partial charge in [0.25, 0.3) is 5.91 Å². The molecule has 7 nitrogen and oxygen atoms in total. The molecule has 2 aromatic heterocycles. The minimum Gasteiger partial charge on any atom is -0.497 e. The summed E-state index contributed by atoms with van der Waals surface area (Å²) in [6, 6.07) is 18.2. The Labute approximate surface area is 186 Å². The number of aromatic nitrogens is 4. The van der Waals surface area contributed by atoms with Crippen molar-refractivity contribution < 1.29 is 9.53 Å². The van der Waals surface area contributed by atoms with Crippen LogP contribution in [0.2, 0.25) is 0 Å². The first-order valence-corrected chi connectivity index (χ1v) is 11.1. The number of hydrogen-bond acceptors (Lipinski definition) is 4. The zero-order valence-electron chi connectivity index (χ0n) is 18.2. The molecule has 6 rings (SSSR count). The Morgan fingerprint density at radius 2 is 1.88 bits per heavy atom. The molecule has 0 bridgehead atoms. The lowest BCUT2D eigenvalue weighted by Gasteiger charge is -2.40. The number of rotatable bonds is 5. The molecule has 7 heteroatoms. The topological polar surface area (TPSA) is 65.2 Å². The number of fused-ring (bicyclic) bond motifs is 1. The number of carbonyl (C=O) groups is 1. The van der Waals surface area contributed by atoms with E-state index in [1.807, 2.05) is 48.3 Å². The van der Waals surface area contributed by atoms with Crippen molar-refractivity contribution in [2.24, 2.45) is 7.05 Å². The van der Waals surface area contributed by atoms with Gasteiger partial charge < -0.3 is 14.2 Å². The molecule has 3 heterocycles. The Morgan fingerprint density at radius 1 is 1.06 bits per heavy atom. The van der Waals surface area contributed by atoms with E-state index in [1.54, 1.807) is 11.8 Å². The van der Waals surface area contributed by atoms with Crippen LogP contribution in [0.5, 0.6) is 5.75 Å².